The molecule has 0 saturated heterocycles. The number of carbonyl (C=O) groups excluding carboxylic acids is 1. The highest BCUT2D eigenvalue weighted by Crippen LogP contribution is 2.18. The third-order valence-electron chi connectivity index (χ3n) is 3.61. The number of benzene rings is 1. The molecule has 1 aromatic heterocycles. The fraction of sp³-hybridized carbons (Fsp3) is 0.312. The summed E-state index contributed by atoms with van der Waals surface area (Å²) in [6, 6.07) is 4.72. The van der Waals surface area contributed by atoms with Gasteiger partial charge < -0.3 is 16.0 Å². The van der Waals surface area contributed by atoms with E-state index in [-0.39, 0.29) is 23.4 Å². The van der Waals surface area contributed by atoms with E-state index in [9.17, 15) is 9.18 Å². The van der Waals surface area contributed by atoms with E-state index in [0.29, 0.717) is 16.9 Å². The zero-order valence-corrected chi connectivity index (χ0v) is 14.8. The van der Waals surface area contributed by atoms with Gasteiger partial charge in [0.15, 0.2) is 5.11 Å². The molecule has 1 amide bonds. The van der Waals surface area contributed by atoms with E-state index >= 15 is 0 Å². The van der Waals surface area contributed by atoms with E-state index in [1.54, 1.807) is 23.7 Å². The van der Waals surface area contributed by atoms with E-state index in [1.807, 2.05) is 20.9 Å². The molecule has 0 radical (unpaired) electrons. The van der Waals surface area contributed by atoms with Gasteiger partial charge in [-0.1, -0.05) is 6.07 Å². The van der Waals surface area contributed by atoms with Gasteiger partial charge in [-0.2, -0.15) is 5.10 Å². The molecular weight excluding hydrogens is 329 g/mol. The molecule has 0 bridgehead atoms. The smallest absolute Gasteiger partial charge is 0.243 e. The van der Waals surface area contributed by atoms with Gasteiger partial charge in [-0.05, 0) is 50.7 Å². The first-order chi connectivity index (χ1) is 11.3. The second kappa shape index (κ2) is 7.39. The minimum absolute atomic E-state index is 0.00600. The number of carbonyl (C=O) groups is 1. The Bertz CT molecular complexity index is 787. The second-order valence-electron chi connectivity index (χ2n) is 5.49. The number of thiocarbonyl (C=S) groups is 1. The van der Waals surface area contributed by atoms with Crippen LogP contribution in [0.5, 0.6) is 0 Å². The third-order valence-corrected chi connectivity index (χ3v) is 3.86. The molecule has 0 atom stereocenters. The number of halogens is 1. The number of amides is 1. The van der Waals surface area contributed by atoms with Crippen LogP contribution in [-0.2, 0) is 11.8 Å². The maximum absolute atomic E-state index is 13.5. The van der Waals surface area contributed by atoms with E-state index in [1.165, 1.54) is 6.07 Å². The van der Waals surface area contributed by atoms with Gasteiger partial charge >= 0.3 is 0 Å². The normalized spacial score (nSPS) is 10.4. The SMILES string of the molecule is Cc1ccc(NC(=S)NCC(=O)Nc2c(C)nn(C)c2C)cc1F. The van der Waals surface area contributed by atoms with Crippen molar-refractivity contribution in [2.24, 2.45) is 7.05 Å². The van der Waals surface area contributed by atoms with Crippen LogP contribution in [0.3, 0.4) is 0 Å². The quantitative estimate of drug-likeness (QED) is 0.740. The first kappa shape index (κ1) is 17.9. The van der Waals surface area contributed by atoms with Crippen LogP contribution in [0.1, 0.15) is 17.0 Å². The molecule has 0 saturated carbocycles. The minimum Gasteiger partial charge on any atom is -0.353 e. The Morgan fingerprint density at radius 2 is 2.00 bits per heavy atom. The zero-order chi connectivity index (χ0) is 17.9. The van der Waals surface area contributed by atoms with Gasteiger partial charge in [-0.15, -0.1) is 0 Å². The molecular formula is C16H20FN5OS. The first-order valence-electron chi connectivity index (χ1n) is 7.39. The number of aromatic nitrogens is 2. The van der Waals surface area contributed by atoms with Crippen LogP contribution >= 0.6 is 12.2 Å². The number of hydrogen-bond donors (Lipinski definition) is 3. The predicted octanol–water partition coefficient (Wildman–Crippen LogP) is 2.41. The Morgan fingerprint density at radius 3 is 2.58 bits per heavy atom. The fourth-order valence-corrected chi connectivity index (χ4v) is 2.33. The summed E-state index contributed by atoms with van der Waals surface area (Å²) in [4.78, 5) is 12.0. The highest BCUT2D eigenvalue weighted by atomic mass is 32.1. The van der Waals surface area contributed by atoms with Crippen molar-refractivity contribution in [3.63, 3.8) is 0 Å². The van der Waals surface area contributed by atoms with Crippen LogP contribution in [0, 0.1) is 26.6 Å². The van der Waals surface area contributed by atoms with Crippen molar-refractivity contribution in [2.45, 2.75) is 20.8 Å². The molecule has 1 aromatic carbocycles. The predicted molar refractivity (Wildman–Crippen MR) is 96.7 cm³/mol. The van der Waals surface area contributed by atoms with Crippen molar-refractivity contribution in [3.8, 4) is 0 Å². The van der Waals surface area contributed by atoms with E-state index in [0.717, 1.165) is 11.4 Å². The Morgan fingerprint density at radius 1 is 1.29 bits per heavy atom. The lowest BCUT2D eigenvalue weighted by atomic mass is 10.2. The standard InChI is InChI=1S/C16H20FN5OS/c1-9-5-6-12(7-13(9)17)19-16(24)18-8-14(23)20-15-10(2)21-22(4)11(15)3/h5-7H,8H2,1-4H3,(H,20,23)(H2,18,19,24). The topological polar surface area (TPSA) is 71.0 Å². The van der Waals surface area contributed by atoms with Crippen LogP contribution in [0.25, 0.3) is 0 Å². The number of rotatable bonds is 4. The first-order valence-corrected chi connectivity index (χ1v) is 7.80. The molecule has 2 aromatic rings. The van der Waals surface area contributed by atoms with Crippen molar-refractivity contribution >= 4 is 34.6 Å². The molecule has 0 fully saturated rings. The Hall–Kier alpha value is -2.48. The lowest BCUT2D eigenvalue weighted by molar-refractivity contribution is -0.115. The lowest BCUT2D eigenvalue weighted by Gasteiger charge is -2.11. The molecule has 2 rings (SSSR count). The summed E-state index contributed by atoms with van der Waals surface area (Å²) in [5.41, 5.74) is 3.40. The molecule has 3 N–H and O–H groups in total. The number of hydrogen-bond acceptors (Lipinski definition) is 3. The summed E-state index contributed by atoms with van der Waals surface area (Å²) < 4.78 is 15.2. The molecule has 128 valence electrons. The largest absolute Gasteiger partial charge is 0.353 e. The molecule has 0 spiro atoms. The molecule has 0 aliphatic carbocycles. The van der Waals surface area contributed by atoms with Gasteiger partial charge in [0.05, 0.1) is 23.6 Å². The van der Waals surface area contributed by atoms with E-state index < -0.39 is 0 Å². The van der Waals surface area contributed by atoms with Crippen LogP contribution in [0.15, 0.2) is 18.2 Å². The van der Waals surface area contributed by atoms with E-state index in [4.69, 9.17) is 12.2 Å². The number of anilines is 2. The average molecular weight is 349 g/mol. The van der Waals surface area contributed by atoms with Gasteiger partial charge in [0.25, 0.3) is 0 Å². The van der Waals surface area contributed by atoms with Gasteiger partial charge in [0.1, 0.15) is 5.82 Å². The van der Waals surface area contributed by atoms with Crippen LogP contribution in [-0.4, -0.2) is 27.3 Å². The summed E-state index contributed by atoms with van der Waals surface area (Å²) >= 11 is 5.11. The number of aryl methyl sites for hydroxylation is 3. The zero-order valence-electron chi connectivity index (χ0n) is 14.0. The number of nitrogens with zero attached hydrogens (tertiary/aromatic N) is 2. The number of nitrogens with one attached hydrogen (secondary N) is 3. The van der Waals surface area contributed by atoms with Crippen molar-refractivity contribution in [3.05, 3.63) is 41.0 Å². The lowest BCUT2D eigenvalue weighted by Crippen LogP contribution is -2.35. The summed E-state index contributed by atoms with van der Waals surface area (Å²) in [6.45, 7) is 5.38. The average Bonchev–Trinajstić information content (AvgIpc) is 2.75. The minimum atomic E-state index is -0.317. The molecule has 0 unspecified atom stereocenters. The van der Waals surface area contributed by atoms with Gasteiger partial charge in [0.2, 0.25) is 5.91 Å². The summed E-state index contributed by atoms with van der Waals surface area (Å²) in [6.07, 6.45) is 0. The second-order valence-corrected chi connectivity index (χ2v) is 5.90. The van der Waals surface area contributed by atoms with Crippen molar-refractivity contribution in [1.29, 1.82) is 0 Å². The van der Waals surface area contributed by atoms with Gasteiger partial charge in [0, 0.05) is 12.7 Å². The highest BCUT2D eigenvalue weighted by molar-refractivity contribution is 7.80. The van der Waals surface area contributed by atoms with Crippen molar-refractivity contribution in [2.75, 3.05) is 17.2 Å². The van der Waals surface area contributed by atoms with Crippen molar-refractivity contribution < 1.29 is 9.18 Å². The molecule has 0 aliphatic rings. The van der Waals surface area contributed by atoms with Gasteiger partial charge in [-0.3, -0.25) is 9.48 Å². The molecule has 0 aliphatic heterocycles. The van der Waals surface area contributed by atoms with Crippen LogP contribution in [0.4, 0.5) is 15.8 Å². The van der Waals surface area contributed by atoms with Gasteiger partial charge in [-0.25, -0.2) is 4.39 Å². The fourth-order valence-electron chi connectivity index (χ4n) is 2.14. The molecule has 24 heavy (non-hydrogen) atoms. The molecule has 6 nitrogen and oxygen atoms in total. The molecule has 1 heterocycles. The summed E-state index contributed by atoms with van der Waals surface area (Å²) in [5, 5.41) is 12.9. The Labute approximate surface area is 145 Å². The highest BCUT2D eigenvalue weighted by Gasteiger charge is 2.12. The summed E-state index contributed by atoms with van der Waals surface area (Å²) in [5.74, 6) is -0.559. The monoisotopic (exact) mass is 349 g/mol. The van der Waals surface area contributed by atoms with Crippen LogP contribution < -0.4 is 16.0 Å². The Balaban J connectivity index is 1.87. The maximum Gasteiger partial charge on any atom is 0.243 e. The molecule has 8 heteroatoms. The summed E-state index contributed by atoms with van der Waals surface area (Å²) in [7, 11) is 1.82. The van der Waals surface area contributed by atoms with Crippen molar-refractivity contribution in [1.82, 2.24) is 15.1 Å². The van der Waals surface area contributed by atoms with Crippen LogP contribution in [0.2, 0.25) is 0 Å². The third kappa shape index (κ3) is 4.29. The van der Waals surface area contributed by atoms with E-state index in [2.05, 4.69) is 21.0 Å². The Kier molecular flexibility index (Phi) is 5.50. The maximum atomic E-state index is 13.5.